The lowest BCUT2D eigenvalue weighted by molar-refractivity contribution is -0.125. The summed E-state index contributed by atoms with van der Waals surface area (Å²) in [6.45, 7) is 11.0. The number of amides is 1. The summed E-state index contributed by atoms with van der Waals surface area (Å²) in [5.74, 6) is 2.02. The lowest BCUT2D eigenvalue weighted by Gasteiger charge is -2.33. The highest BCUT2D eigenvalue weighted by Crippen LogP contribution is 2.28. The maximum absolute atomic E-state index is 12.9. The first-order valence-electron chi connectivity index (χ1n) is 13.1. The van der Waals surface area contributed by atoms with E-state index in [0.717, 1.165) is 65.7 Å². The molecule has 0 saturated carbocycles. The molecule has 3 heterocycles. The lowest BCUT2D eigenvalue weighted by Crippen LogP contribution is -2.41. The molecule has 1 aliphatic rings. The average Bonchev–Trinajstić information content (AvgIpc) is 3.31. The zero-order valence-corrected chi connectivity index (χ0v) is 22.1. The molecule has 7 nitrogen and oxygen atoms in total. The fourth-order valence-electron chi connectivity index (χ4n) is 5.14. The molecule has 4 aromatic rings. The second-order valence-electron chi connectivity index (χ2n) is 9.99. The van der Waals surface area contributed by atoms with E-state index in [1.807, 2.05) is 42.6 Å². The van der Waals surface area contributed by atoms with Crippen LogP contribution in [0.2, 0.25) is 0 Å². The monoisotopic (exact) mass is 497 g/mol. The average molecular weight is 498 g/mol. The number of aromatic nitrogens is 3. The van der Waals surface area contributed by atoms with Crippen molar-refractivity contribution < 1.29 is 9.53 Å². The Morgan fingerprint density at radius 2 is 1.70 bits per heavy atom. The van der Waals surface area contributed by atoms with Gasteiger partial charge < -0.3 is 15.0 Å². The van der Waals surface area contributed by atoms with Crippen molar-refractivity contribution in [1.29, 1.82) is 0 Å². The van der Waals surface area contributed by atoms with Crippen LogP contribution in [0.4, 0.5) is 5.82 Å². The summed E-state index contributed by atoms with van der Waals surface area (Å²) in [4.78, 5) is 19.9. The molecular formula is C30H35N5O2. The first-order chi connectivity index (χ1) is 17.9. The number of ether oxygens (including phenoxy) is 1. The van der Waals surface area contributed by atoms with Crippen LogP contribution in [0, 0.1) is 26.7 Å². The highest BCUT2D eigenvalue weighted by atomic mass is 16.5. The van der Waals surface area contributed by atoms with Gasteiger partial charge in [-0.15, -0.1) is 0 Å². The highest BCUT2D eigenvalue weighted by Gasteiger charge is 2.26. The number of benzene rings is 2. The molecule has 0 aliphatic carbocycles. The third-order valence-electron chi connectivity index (χ3n) is 6.94. The number of carbonyl (C=O) groups is 1. The number of hydrogen-bond acceptors (Lipinski definition) is 5. The van der Waals surface area contributed by atoms with Crippen LogP contribution in [0.25, 0.3) is 16.9 Å². The van der Waals surface area contributed by atoms with Gasteiger partial charge in [0.05, 0.1) is 12.3 Å². The van der Waals surface area contributed by atoms with Gasteiger partial charge in [0, 0.05) is 48.9 Å². The third-order valence-corrected chi connectivity index (χ3v) is 6.94. The van der Waals surface area contributed by atoms with E-state index in [0.29, 0.717) is 13.2 Å². The van der Waals surface area contributed by atoms with Gasteiger partial charge in [-0.05, 0) is 70.4 Å². The molecule has 1 amide bonds. The molecule has 0 atom stereocenters. The Balaban J connectivity index is 1.25. The summed E-state index contributed by atoms with van der Waals surface area (Å²) in [7, 11) is 0. The summed E-state index contributed by atoms with van der Waals surface area (Å²) in [6.07, 6.45) is 1.62. The van der Waals surface area contributed by atoms with Gasteiger partial charge in [-0.2, -0.15) is 9.61 Å². The number of nitrogens with one attached hydrogen (secondary N) is 1. The smallest absolute Gasteiger partial charge is 0.223 e. The van der Waals surface area contributed by atoms with E-state index in [-0.39, 0.29) is 11.8 Å². The van der Waals surface area contributed by atoms with E-state index in [9.17, 15) is 4.79 Å². The van der Waals surface area contributed by atoms with Crippen LogP contribution in [0.1, 0.15) is 42.1 Å². The van der Waals surface area contributed by atoms with Gasteiger partial charge in [0.2, 0.25) is 5.91 Å². The normalized spacial score (nSPS) is 14.2. The molecule has 1 aliphatic heterocycles. The summed E-state index contributed by atoms with van der Waals surface area (Å²) in [5.41, 5.74) is 7.36. The van der Waals surface area contributed by atoms with Crippen LogP contribution < -0.4 is 15.0 Å². The molecule has 2 aromatic carbocycles. The first kappa shape index (κ1) is 24.8. The topological polar surface area (TPSA) is 71.8 Å². The zero-order chi connectivity index (χ0) is 25.9. The van der Waals surface area contributed by atoms with Crippen molar-refractivity contribution in [3.8, 4) is 17.0 Å². The zero-order valence-electron chi connectivity index (χ0n) is 22.1. The summed E-state index contributed by atoms with van der Waals surface area (Å²) in [6, 6.07) is 18.6. The largest absolute Gasteiger partial charge is 0.494 e. The van der Waals surface area contributed by atoms with Crippen molar-refractivity contribution in [2.45, 2.75) is 47.1 Å². The fourth-order valence-corrected chi connectivity index (χ4v) is 5.14. The molecule has 37 heavy (non-hydrogen) atoms. The number of fused-ring (bicyclic) bond motifs is 1. The molecular weight excluding hydrogens is 462 g/mol. The summed E-state index contributed by atoms with van der Waals surface area (Å²) < 4.78 is 7.44. The van der Waals surface area contributed by atoms with Crippen LogP contribution >= 0.6 is 0 Å². The summed E-state index contributed by atoms with van der Waals surface area (Å²) in [5, 5.41) is 8.06. The van der Waals surface area contributed by atoms with E-state index >= 15 is 0 Å². The Kier molecular flexibility index (Phi) is 7.12. The van der Waals surface area contributed by atoms with Gasteiger partial charge in [-0.3, -0.25) is 4.79 Å². The molecule has 5 rings (SSSR count). The number of nitrogens with zero attached hydrogens (tertiary/aromatic N) is 4. The SMILES string of the molecule is CCOc1ccc(CNC(=O)C2CCN(c3cc(C)nc4cc(-c5cc(C)cc(C)c5)nn34)CC2)cc1. The Morgan fingerprint density at radius 3 is 2.38 bits per heavy atom. The minimum atomic E-state index is 0.0147. The molecule has 1 N–H and O–H groups in total. The number of hydrogen-bond donors (Lipinski definition) is 1. The number of piperidine rings is 1. The Bertz CT molecular complexity index is 1380. The molecule has 7 heteroatoms. The van der Waals surface area contributed by atoms with Gasteiger partial charge in [0.1, 0.15) is 11.6 Å². The van der Waals surface area contributed by atoms with Crippen molar-refractivity contribution >= 4 is 17.4 Å². The predicted octanol–water partition coefficient (Wildman–Crippen LogP) is 5.25. The van der Waals surface area contributed by atoms with Crippen molar-refractivity contribution in [3.05, 3.63) is 77.0 Å². The van der Waals surface area contributed by atoms with Gasteiger partial charge in [-0.25, -0.2) is 4.98 Å². The van der Waals surface area contributed by atoms with Gasteiger partial charge >= 0.3 is 0 Å². The Labute approximate surface area is 218 Å². The lowest BCUT2D eigenvalue weighted by atomic mass is 9.95. The molecule has 0 spiro atoms. The standard InChI is InChI=1S/C30H35N5O2/c1-5-37-26-8-6-23(7-9-26)19-31-30(36)24-10-12-34(13-11-24)29-17-22(4)32-28-18-27(33-35(28)29)25-15-20(2)14-21(3)16-25/h6-9,14-18,24H,5,10-13,19H2,1-4H3,(H,31,36). The number of rotatable bonds is 7. The van der Waals surface area contributed by atoms with Crippen molar-refractivity contribution in [2.75, 3.05) is 24.6 Å². The van der Waals surface area contributed by atoms with E-state index in [4.69, 9.17) is 14.8 Å². The van der Waals surface area contributed by atoms with Gasteiger partial charge in [0.25, 0.3) is 0 Å². The Hall–Kier alpha value is -3.87. The number of carbonyl (C=O) groups excluding carboxylic acids is 1. The van der Waals surface area contributed by atoms with Crippen molar-refractivity contribution in [2.24, 2.45) is 5.92 Å². The number of anilines is 1. The van der Waals surface area contributed by atoms with Crippen LogP contribution in [-0.2, 0) is 11.3 Å². The Morgan fingerprint density at radius 1 is 1.00 bits per heavy atom. The third kappa shape index (κ3) is 5.61. The predicted molar refractivity (Wildman–Crippen MR) is 147 cm³/mol. The molecule has 1 saturated heterocycles. The maximum atomic E-state index is 12.9. The quantitative estimate of drug-likeness (QED) is 0.377. The minimum absolute atomic E-state index is 0.0147. The van der Waals surface area contributed by atoms with Crippen molar-refractivity contribution in [3.63, 3.8) is 0 Å². The molecule has 0 unspecified atom stereocenters. The molecule has 0 bridgehead atoms. The van der Waals surface area contributed by atoms with Crippen LogP contribution in [0.5, 0.6) is 5.75 Å². The van der Waals surface area contributed by atoms with Gasteiger partial charge in [0.15, 0.2) is 5.65 Å². The first-order valence-corrected chi connectivity index (χ1v) is 13.1. The van der Waals surface area contributed by atoms with E-state index in [1.165, 1.54) is 11.1 Å². The minimum Gasteiger partial charge on any atom is -0.494 e. The number of aryl methyl sites for hydroxylation is 3. The van der Waals surface area contributed by atoms with E-state index in [2.05, 4.69) is 54.4 Å². The van der Waals surface area contributed by atoms with E-state index < -0.39 is 0 Å². The molecule has 2 aromatic heterocycles. The van der Waals surface area contributed by atoms with Gasteiger partial charge in [-0.1, -0.05) is 29.3 Å². The highest BCUT2D eigenvalue weighted by molar-refractivity contribution is 5.79. The molecule has 192 valence electrons. The second-order valence-corrected chi connectivity index (χ2v) is 9.99. The maximum Gasteiger partial charge on any atom is 0.223 e. The fraction of sp³-hybridized carbons (Fsp3) is 0.367. The van der Waals surface area contributed by atoms with Crippen LogP contribution in [-0.4, -0.2) is 40.2 Å². The second kappa shape index (κ2) is 10.6. The molecule has 1 fully saturated rings. The van der Waals surface area contributed by atoms with Crippen molar-refractivity contribution in [1.82, 2.24) is 19.9 Å². The van der Waals surface area contributed by atoms with Crippen LogP contribution in [0.3, 0.4) is 0 Å². The van der Waals surface area contributed by atoms with Crippen LogP contribution in [0.15, 0.2) is 54.6 Å². The summed E-state index contributed by atoms with van der Waals surface area (Å²) >= 11 is 0. The van der Waals surface area contributed by atoms with E-state index in [1.54, 1.807) is 0 Å². The molecule has 0 radical (unpaired) electrons.